The van der Waals surface area contributed by atoms with Crippen LogP contribution in [-0.2, 0) is 32.0 Å². The number of ether oxygens (including phenoxy) is 4. The minimum atomic E-state index is -3.13. The fourth-order valence-corrected chi connectivity index (χ4v) is 8.35. The van der Waals surface area contributed by atoms with Crippen molar-refractivity contribution in [3.05, 3.63) is 123 Å². The third-order valence-electron chi connectivity index (χ3n) is 10.9. The smallest absolute Gasteiger partial charge is 0.414 e. The minimum Gasteiger partial charge on any atom is -0.619 e. The Bertz CT molecular complexity index is 2040. The molecule has 1 aliphatic carbocycles. The normalized spacial score (nSPS) is 19.7. The van der Waals surface area contributed by atoms with Gasteiger partial charge in [0, 0.05) is 23.7 Å². The molecule has 8 rings (SSSR count). The lowest BCUT2D eigenvalue weighted by molar-refractivity contribution is -0.605. The van der Waals surface area contributed by atoms with Gasteiger partial charge in [-0.05, 0) is 98.0 Å². The summed E-state index contributed by atoms with van der Waals surface area (Å²) in [5.41, 5.74) is 2.37. The van der Waals surface area contributed by atoms with Crippen LogP contribution in [0.1, 0.15) is 59.8 Å². The molecule has 1 unspecified atom stereocenters. The monoisotopic (exact) mass is 823 g/mol. The van der Waals surface area contributed by atoms with Gasteiger partial charge in [0.2, 0.25) is 0 Å². The van der Waals surface area contributed by atoms with E-state index >= 15 is 0 Å². The zero-order valence-electron chi connectivity index (χ0n) is 30.8. The van der Waals surface area contributed by atoms with Gasteiger partial charge in [-0.25, -0.2) is 4.79 Å². The van der Waals surface area contributed by atoms with Crippen LogP contribution in [-0.4, -0.2) is 62.4 Å². The number of benzene rings is 3. The first-order chi connectivity index (χ1) is 27.6. The summed E-state index contributed by atoms with van der Waals surface area (Å²) in [6.45, 7) is -0.0908. The van der Waals surface area contributed by atoms with Gasteiger partial charge in [0.25, 0.3) is 0 Å². The van der Waals surface area contributed by atoms with Crippen LogP contribution in [0.3, 0.4) is 0 Å². The number of carbonyl (C=O) groups excluding carboxylic acids is 3. The maximum Gasteiger partial charge on any atom is 0.414 e. The molecule has 1 aromatic heterocycles. The molecule has 4 heterocycles. The summed E-state index contributed by atoms with van der Waals surface area (Å²) in [5, 5.41) is 12.2. The van der Waals surface area contributed by atoms with Gasteiger partial charge >= 0.3 is 25.1 Å². The average molecular weight is 825 g/mol. The summed E-state index contributed by atoms with van der Waals surface area (Å²) in [4.78, 5) is 43.6. The molecule has 3 aromatic carbocycles. The Kier molecular flexibility index (Phi) is 12.8. The van der Waals surface area contributed by atoms with Crippen LogP contribution in [0.5, 0.6) is 11.5 Å². The van der Waals surface area contributed by atoms with Crippen molar-refractivity contribution in [1.29, 1.82) is 0 Å². The number of piperidine rings is 3. The van der Waals surface area contributed by atoms with Crippen molar-refractivity contribution in [2.45, 2.75) is 63.2 Å². The Morgan fingerprint density at radius 3 is 2.32 bits per heavy atom. The number of amides is 1. The lowest BCUT2D eigenvalue weighted by atomic mass is 9.77. The molecule has 57 heavy (non-hydrogen) atoms. The first-order valence-electron chi connectivity index (χ1n) is 18.8. The van der Waals surface area contributed by atoms with Crippen LogP contribution in [0, 0.1) is 17.0 Å². The van der Waals surface area contributed by atoms with Crippen LogP contribution in [0.2, 0.25) is 10.0 Å². The van der Waals surface area contributed by atoms with Crippen LogP contribution < -0.4 is 19.1 Å². The predicted octanol–water partition coefficient (Wildman–Crippen LogP) is 8.06. The highest BCUT2D eigenvalue weighted by Gasteiger charge is 2.38. The molecule has 300 valence electrons. The Morgan fingerprint density at radius 2 is 1.67 bits per heavy atom. The summed E-state index contributed by atoms with van der Waals surface area (Å²) in [6, 6.07) is 20.4. The van der Waals surface area contributed by atoms with Gasteiger partial charge in [-0.3, -0.25) is 19.4 Å². The molecule has 3 aliphatic heterocycles. The van der Waals surface area contributed by atoms with Gasteiger partial charge in [-0.2, -0.15) is 13.5 Å². The highest BCUT2D eigenvalue weighted by atomic mass is 35.5. The van der Waals surface area contributed by atoms with E-state index in [2.05, 4.69) is 4.90 Å². The number of esters is 1. The Balaban J connectivity index is 1.27. The topological polar surface area (TPSA) is 122 Å². The summed E-state index contributed by atoms with van der Waals surface area (Å²) in [6.07, 6.45) is 5.25. The molecule has 1 amide bonds. The number of fused-ring (bicyclic) bond motifs is 3. The van der Waals surface area contributed by atoms with E-state index in [9.17, 15) is 28.4 Å². The van der Waals surface area contributed by atoms with Crippen LogP contribution in [0.25, 0.3) is 0 Å². The van der Waals surface area contributed by atoms with Crippen molar-refractivity contribution < 1.29 is 46.8 Å². The zero-order valence-corrected chi connectivity index (χ0v) is 32.3. The standard InChI is InChI=1S/C42H41Cl2F2N3O8/c43-34-21-48(53)22-35(44)33(34)19-32(29-11-12-36(56-41(45)46)37(18-29)54-24-26-9-10-26)39(40(51)55-25-50)30-6-4-5-27(17-30)20-49(31-7-2-1-3-8-31)42(52)57-38-23-47-15-13-28(38)14-16-47/h1-8,11-12,17-18,21-22,25-26,28,32,38-39,41H,9-10,13-16,19-20,23-24H2/t32-,38+,39?/m1/s1. The maximum absolute atomic E-state index is 14.0. The molecular weight excluding hydrogens is 783 g/mol. The van der Waals surface area contributed by atoms with Crippen molar-refractivity contribution >= 4 is 47.4 Å². The van der Waals surface area contributed by atoms with E-state index in [1.54, 1.807) is 29.2 Å². The molecule has 0 radical (unpaired) electrons. The molecular formula is C42H41Cl2F2N3O8. The second-order valence-electron chi connectivity index (χ2n) is 14.7. The zero-order chi connectivity index (χ0) is 40.1. The maximum atomic E-state index is 14.0. The minimum absolute atomic E-state index is 0.0154. The third-order valence-corrected chi connectivity index (χ3v) is 11.5. The largest absolute Gasteiger partial charge is 0.619 e. The molecule has 2 bridgehead atoms. The van der Waals surface area contributed by atoms with E-state index in [1.165, 1.54) is 18.2 Å². The quantitative estimate of drug-likeness (QED) is 0.0363. The molecule has 3 atom stereocenters. The number of halogens is 4. The lowest BCUT2D eigenvalue weighted by Gasteiger charge is -2.44. The fraction of sp³-hybridized carbons (Fsp3) is 0.381. The number of para-hydroxylation sites is 1. The van der Waals surface area contributed by atoms with Gasteiger partial charge in [0.1, 0.15) is 16.1 Å². The van der Waals surface area contributed by atoms with Gasteiger partial charge in [-0.15, -0.1) is 0 Å². The number of alkyl halides is 2. The number of pyridine rings is 1. The Hall–Kier alpha value is -4.98. The van der Waals surface area contributed by atoms with Crippen molar-refractivity contribution in [3.63, 3.8) is 0 Å². The molecule has 4 aliphatic rings. The molecule has 15 heteroatoms. The number of aromatic nitrogens is 1. The van der Waals surface area contributed by atoms with Gasteiger partial charge in [0.15, 0.2) is 23.9 Å². The first kappa shape index (κ1) is 40.2. The average Bonchev–Trinajstić information content (AvgIpc) is 4.03. The summed E-state index contributed by atoms with van der Waals surface area (Å²) < 4.78 is 49.4. The molecule has 3 saturated heterocycles. The van der Waals surface area contributed by atoms with E-state index in [0.717, 1.165) is 51.2 Å². The van der Waals surface area contributed by atoms with E-state index in [4.69, 9.17) is 42.1 Å². The van der Waals surface area contributed by atoms with Gasteiger partial charge in [0.05, 0.1) is 19.1 Å². The van der Waals surface area contributed by atoms with E-state index < -0.39 is 30.5 Å². The molecule has 0 N–H and O–H groups in total. The van der Waals surface area contributed by atoms with Crippen LogP contribution in [0.15, 0.2) is 85.2 Å². The van der Waals surface area contributed by atoms with Crippen molar-refractivity contribution in [2.24, 2.45) is 11.8 Å². The molecule has 1 saturated carbocycles. The second-order valence-corrected chi connectivity index (χ2v) is 15.5. The Labute approximate surface area is 338 Å². The van der Waals surface area contributed by atoms with Gasteiger partial charge in [-0.1, -0.05) is 71.7 Å². The number of hydrogen-bond acceptors (Lipinski definition) is 9. The highest BCUT2D eigenvalue weighted by Crippen LogP contribution is 2.43. The van der Waals surface area contributed by atoms with Crippen molar-refractivity contribution in [1.82, 2.24) is 4.90 Å². The Morgan fingerprint density at radius 1 is 0.930 bits per heavy atom. The molecule has 4 fully saturated rings. The number of carbonyl (C=O) groups is 3. The molecule has 11 nitrogen and oxygen atoms in total. The number of rotatable bonds is 16. The number of nitrogens with zero attached hydrogens (tertiary/aromatic N) is 3. The third kappa shape index (κ3) is 9.95. The summed E-state index contributed by atoms with van der Waals surface area (Å²) in [7, 11) is 0. The van der Waals surface area contributed by atoms with E-state index in [0.29, 0.717) is 45.1 Å². The molecule has 4 aromatic rings. The molecule has 0 spiro atoms. The first-order valence-corrected chi connectivity index (χ1v) is 19.6. The fourth-order valence-electron chi connectivity index (χ4n) is 7.75. The number of hydrogen-bond donors (Lipinski definition) is 0. The summed E-state index contributed by atoms with van der Waals surface area (Å²) >= 11 is 13.1. The van der Waals surface area contributed by atoms with Gasteiger partial charge < -0.3 is 24.2 Å². The van der Waals surface area contributed by atoms with E-state index in [-0.39, 0.29) is 59.6 Å². The van der Waals surface area contributed by atoms with Crippen molar-refractivity contribution in [3.8, 4) is 11.5 Å². The summed E-state index contributed by atoms with van der Waals surface area (Å²) in [5.74, 6) is -2.69. The lowest BCUT2D eigenvalue weighted by Crippen LogP contribution is -2.53. The second kappa shape index (κ2) is 18.1. The van der Waals surface area contributed by atoms with Crippen LogP contribution >= 0.6 is 23.2 Å². The predicted molar refractivity (Wildman–Crippen MR) is 207 cm³/mol. The SMILES string of the molecule is O=COC(=O)C(c1cccc(CN(C(=O)O[C@H]2CN3CCC2CC3)c2ccccc2)c1)[C@H](Cc1c(Cl)c[n+]([O-])cc1Cl)c1ccc(OC(F)F)c(OCC2CC2)c1. The van der Waals surface area contributed by atoms with Crippen LogP contribution in [0.4, 0.5) is 19.3 Å². The highest BCUT2D eigenvalue weighted by molar-refractivity contribution is 6.35. The van der Waals surface area contributed by atoms with Crippen molar-refractivity contribution in [2.75, 3.05) is 31.1 Å². The number of anilines is 1. The van der Waals surface area contributed by atoms with E-state index in [1.807, 2.05) is 30.3 Å².